The predicted octanol–water partition coefficient (Wildman–Crippen LogP) is 4.40. The molecule has 1 fully saturated rings. The Morgan fingerprint density at radius 2 is 1.96 bits per heavy atom. The Bertz CT molecular complexity index is 786. The summed E-state index contributed by atoms with van der Waals surface area (Å²) in [5.41, 5.74) is 2.02. The lowest BCUT2D eigenvalue weighted by Gasteiger charge is -2.45. The molecule has 1 saturated carbocycles. The van der Waals surface area contributed by atoms with Crippen LogP contribution in [0.15, 0.2) is 45.9 Å². The van der Waals surface area contributed by atoms with Crippen LogP contribution in [-0.4, -0.2) is 16.4 Å². The SMILES string of the molecule is Cc1ccc(C2=NN3[C@H](C2)c2ccccc2OC32CCCC2)o1. The number of nitrogens with zero attached hydrogens (tertiary/aromatic N) is 2. The summed E-state index contributed by atoms with van der Waals surface area (Å²) >= 11 is 0. The number of ether oxygens (including phenoxy) is 1. The Labute approximate surface area is 135 Å². The molecule has 0 radical (unpaired) electrons. The van der Waals surface area contributed by atoms with Gasteiger partial charge in [-0.1, -0.05) is 18.2 Å². The van der Waals surface area contributed by atoms with Gasteiger partial charge in [0.05, 0.1) is 6.04 Å². The molecule has 3 aliphatic rings. The molecule has 0 bridgehead atoms. The van der Waals surface area contributed by atoms with E-state index >= 15 is 0 Å². The lowest BCUT2D eigenvalue weighted by Crippen LogP contribution is -2.51. The van der Waals surface area contributed by atoms with Crippen LogP contribution >= 0.6 is 0 Å². The van der Waals surface area contributed by atoms with Crippen LogP contribution in [0.3, 0.4) is 0 Å². The number of furan rings is 1. The maximum absolute atomic E-state index is 6.47. The molecule has 2 aliphatic heterocycles. The van der Waals surface area contributed by atoms with Crippen LogP contribution in [0.25, 0.3) is 0 Å². The number of aryl methyl sites for hydroxylation is 1. The van der Waals surface area contributed by atoms with E-state index in [1.807, 2.05) is 19.1 Å². The van der Waals surface area contributed by atoms with Crippen LogP contribution in [0.2, 0.25) is 0 Å². The monoisotopic (exact) mass is 308 g/mol. The van der Waals surface area contributed by atoms with Crippen LogP contribution in [-0.2, 0) is 0 Å². The second-order valence-corrected chi connectivity index (χ2v) is 6.81. The van der Waals surface area contributed by atoms with Gasteiger partial charge in [0.2, 0.25) is 0 Å². The minimum Gasteiger partial charge on any atom is -0.466 e. The van der Waals surface area contributed by atoms with E-state index in [2.05, 4.69) is 29.3 Å². The zero-order valence-electron chi connectivity index (χ0n) is 13.3. The average Bonchev–Trinajstić information content (AvgIpc) is 3.27. The molecule has 23 heavy (non-hydrogen) atoms. The van der Waals surface area contributed by atoms with Crippen molar-refractivity contribution in [2.24, 2.45) is 5.10 Å². The molecule has 5 rings (SSSR count). The molecule has 4 nitrogen and oxygen atoms in total. The highest BCUT2D eigenvalue weighted by Gasteiger charge is 2.51. The summed E-state index contributed by atoms with van der Waals surface area (Å²) in [4.78, 5) is 0. The van der Waals surface area contributed by atoms with Crippen LogP contribution in [0.1, 0.15) is 55.2 Å². The largest absolute Gasteiger partial charge is 0.466 e. The van der Waals surface area contributed by atoms with Gasteiger partial charge in [0.1, 0.15) is 23.0 Å². The highest BCUT2D eigenvalue weighted by atomic mass is 16.5. The van der Waals surface area contributed by atoms with E-state index in [4.69, 9.17) is 14.3 Å². The maximum Gasteiger partial charge on any atom is 0.198 e. The van der Waals surface area contributed by atoms with Gasteiger partial charge < -0.3 is 9.15 Å². The van der Waals surface area contributed by atoms with Gasteiger partial charge in [-0.3, -0.25) is 0 Å². The standard InChI is InChI=1S/C19H20N2O2/c1-13-8-9-18(22-13)15-12-16-14-6-2-3-7-17(14)23-19(21(16)20-15)10-4-5-11-19/h2-3,6-9,16H,4-5,10-12H2,1H3/t16-/m1/s1. The van der Waals surface area contributed by atoms with E-state index < -0.39 is 0 Å². The zero-order chi connectivity index (χ0) is 15.4. The first-order valence-corrected chi connectivity index (χ1v) is 8.47. The molecular formula is C19H20N2O2. The number of hydrazone groups is 1. The lowest BCUT2D eigenvalue weighted by atomic mass is 9.95. The van der Waals surface area contributed by atoms with Crippen molar-refractivity contribution in [1.29, 1.82) is 0 Å². The first-order valence-electron chi connectivity index (χ1n) is 8.47. The summed E-state index contributed by atoms with van der Waals surface area (Å²) in [6, 6.07) is 12.7. The van der Waals surface area contributed by atoms with Gasteiger partial charge in [-0.15, -0.1) is 0 Å². The van der Waals surface area contributed by atoms with Crippen LogP contribution in [0, 0.1) is 6.92 Å². The Morgan fingerprint density at radius 3 is 2.74 bits per heavy atom. The zero-order valence-corrected chi connectivity index (χ0v) is 13.3. The van der Waals surface area contributed by atoms with Crippen molar-refractivity contribution in [2.45, 2.75) is 50.8 Å². The van der Waals surface area contributed by atoms with Crippen LogP contribution < -0.4 is 4.74 Å². The lowest BCUT2D eigenvalue weighted by molar-refractivity contribution is -0.114. The number of hydrogen-bond donors (Lipinski definition) is 0. The summed E-state index contributed by atoms with van der Waals surface area (Å²) in [6.45, 7) is 1.98. The van der Waals surface area contributed by atoms with Crippen molar-refractivity contribution in [1.82, 2.24) is 5.01 Å². The molecule has 0 amide bonds. The van der Waals surface area contributed by atoms with E-state index in [-0.39, 0.29) is 11.8 Å². The van der Waals surface area contributed by atoms with Gasteiger partial charge in [-0.2, -0.15) is 5.10 Å². The summed E-state index contributed by atoms with van der Waals surface area (Å²) < 4.78 is 12.3. The molecule has 118 valence electrons. The fourth-order valence-corrected chi connectivity index (χ4v) is 4.23. The number of hydrogen-bond acceptors (Lipinski definition) is 4. The molecule has 0 saturated heterocycles. The Balaban J connectivity index is 1.61. The maximum atomic E-state index is 6.47. The van der Waals surface area contributed by atoms with Crippen molar-refractivity contribution >= 4 is 5.71 Å². The molecule has 0 unspecified atom stereocenters. The second kappa shape index (κ2) is 4.63. The molecule has 2 aromatic rings. The summed E-state index contributed by atoms with van der Waals surface area (Å²) in [6.07, 6.45) is 5.39. The van der Waals surface area contributed by atoms with E-state index in [9.17, 15) is 0 Å². The smallest absolute Gasteiger partial charge is 0.198 e. The quantitative estimate of drug-likeness (QED) is 0.783. The van der Waals surface area contributed by atoms with Crippen molar-refractivity contribution in [3.63, 3.8) is 0 Å². The van der Waals surface area contributed by atoms with Gasteiger partial charge >= 0.3 is 0 Å². The highest BCUT2D eigenvalue weighted by Crippen LogP contribution is 2.51. The molecule has 1 aliphatic carbocycles. The van der Waals surface area contributed by atoms with Gasteiger partial charge in [-0.05, 0) is 38.0 Å². The third kappa shape index (κ3) is 1.87. The summed E-state index contributed by atoms with van der Waals surface area (Å²) in [5.74, 6) is 2.85. The molecule has 1 atom stereocenters. The molecule has 1 aromatic carbocycles. The highest BCUT2D eigenvalue weighted by molar-refractivity contribution is 5.99. The Kier molecular flexibility index (Phi) is 2.67. The first-order chi connectivity index (χ1) is 11.3. The van der Waals surface area contributed by atoms with Gasteiger partial charge in [0.15, 0.2) is 5.72 Å². The molecule has 1 spiro atoms. The topological polar surface area (TPSA) is 38.0 Å². The number of benzene rings is 1. The first kappa shape index (κ1) is 13.2. The number of fused-ring (bicyclic) bond motifs is 4. The van der Waals surface area contributed by atoms with Gasteiger partial charge in [0.25, 0.3) is 0 Å². The van der Waals surface area contributed by atoms with Crippen molar-refractivity contribution < 1.29 is 9.15 Å². The summed E-state index contributed by atoms with van der Waals surface area (Å²) in [7, 11) is 0. The normalized spacial score (nSPS) is 24.3. The van der Waals surface area contributed by atoms with Crippen molar-refractivity contribution in [2.75, 3.05) is 0 Å². The van der Waals surface area contributed by atoms with Crippen LogP contribution in [0.4, 0.5) is 0 Å². The van der Waals surface area contributed by atoms with E-state index in [1.54, 1.807) is 0 Å². The molecule has 1 aromatic heterocycles. The fourth-order valence-electron chi connectivity index (χ4n) is 4.23. The van der Waals surface area contributed by atoms with Crippen molar-refractivity contribution in [3.05, 3.63) is 53.5 Å². The summed E-state index contributed by atoms with van der Waals surface area (Å²) in [5, 5.41) is 7.19. The van der Waals surface area contributed by atoms with Crippen LogP contribution in [0.5, 0.6) is 5.75 Å². The molecule has 3 heterocycles. The van der Waals surface area contributed by atoms with E-state index in [0.717, 1.165) is 42.2 Å². The molecule has 4 heteroatoms. The minimum absolute atomic E-state index is 0.262. The molecule has 0 N–H and O–H groups in total. The van der Waals surface area contributed by atoms with E-state index in [0.29, 0.717) is 0 Å². The van der Waals surface area contributed by atoms with E-state index in [1.165, 1.54) is 18.4 Å². The number of rotatable bonds is 1. The Morgan fingerprint density at radius 1 is 1.13 bits per heavy atom. The van der Waals surface area contributed by atoms with Gasteiger partial charge in [-0.25, -0.2) is 5.01 Å². The average molecular weight is 308 g/mol. The third-order valence-corrected chi connectivity index (χ3v) is 5.32. The minimum atomic E-state index is -0.262. The molecular weight excluding hydrogens is 288 g/mol. The Hall–Kier alpha value is -2.23. The van der Waals surface area contributed by atoms with Gasteiger partial charge in [0, 0.05) is 24.8 Å². The fraction of sp³-hybridized carbons (Fsp3) is 0.421. The number of para-hydroxylation sites is 1. The second-order valence-electron chi connectivity index (χ2n) is 6.81. The predicted molar refractivity (Wildman–Crippen MR) is 87.4 cm³/mol. The van der Waals surface area contributed by atoms with Crippen molar-refractivity contribution in [3.8, 4) is 5.75 Å². The third-order valence-electron chi connectivity index (χ3n) is 5.32.